The summed E-state index contributed by atoms with van der Waals surface area (Å²) in [6.45, 7) is 4.07. The van der Waals surface area contributed by atoms with E-state index in [9.17, 15) is 4.39 Å². The summed E-state index contributed by atoms with van der Waals surface area (Å²) < 4.78 is 14.6. The molecule has 1 aromatic heterocycles. The minimum Gasteiger partial charge on any atom is -0.412 e. The van der Waals surface area contributed by atoms with Crippen LogP contribution < -0.4 is 5.32 Å². The van der Waals surface area contributed by atoms with E-state index in [1.807, 2.05) is 26.0 Å². The lowest BCUT2D eigenvalue weighted by Gasteiger charge is -2.11. The van der Waals surface area contributed by atoms with Gasteiger partial charge in [-0.3, -0.25) is 0 Å². The van der Waals surface area contributed by atoms with E-state index in [0.29, 0.717) is 16.0 Å². The van der Waals surface area contributed by atoms with Gasteiger partial charge in [-0.25, -0.2) is 14.4 Å². The first-order valence-corrected chi connectivity index (χ1v) is 7.28. The smallest absolute Gasteiger partial charge is 0.147 e. The summed E-state index contributed by atoms with van der Waals surface area (Å²) >= 11 is 3.25. The number of hydrogen-bond donors (Lipinski definition) is 1. The molecule has 0 unspecified atom stereocenters. The van der Waals surface area contributed by atoms with Crippen molar-refractivity contribution in [1.82, 2.24) is 9.97 Å². The van der Waals surface area contributed by atoms with E-state index in [4.69, 9.17) is 0 Å². The first-order chi connectivity index (χ1) is 10.0. The van der Waals surface area contributed by atoms with Crippen molar-refractivity contribution in [3.8, 4) is 0 Å². The van der Waals surface area contributed by atoms with Crippen LogP contribution in [0.4, 0.5) is 15.9 Å². The zero-order valence-corrected chi connectivity index (χ0v) is 14.2. The average Bonchev–Trinajstić information content (AvgIpc) is 2.44. The molecule has 1 heterocycles. The zero-order valence-electron chi connectivity index (χ0n) is 12.6. The van der Waals surface area contributed by atoms with Gasteiger partial charge < -0.3 is 16.3 Å². The van der Waals surface area contributed by atoms with Gasteiger partial charge >= 0.3 is 0 Å². The fourth-order valence-electron chi connectivity index (χ4n) is 2.13. The summed E-state index contributed by atoms with van der Waals surface area (Å²) in [5, 5.41) is 3.92. The summed E-state index contributed by atoms with van der Waals surface area (Å²) in [6, 6.07) is 8.90. The molecule has 0 atom stereocenters. The molecule has 0 aliphatic heterocycles. The number of benzene rings is 2. The topological polar surface area (TPSA) is 101 Å². The average molecular weight is 382 g/mol. The predicted molar refractivity (Wildman–Crippen MR) is 93.6 cm³/mol. The standard InChI is InChI=1S/C16H13BrFN3.2H2O/c1-9-5-12-15(6-10(9)2)19-8-20-16(12)21-14-4-3-11(17)7-13(14)18;;/h3-8H,1-2H3,(H,19,20,21);2*1H2. The van der Waals surface area contributed by atoms with Crippen LogP contribution in [0.3, 0.4) is 0 Å². The first kappa shape index (κ1) is 19.0. The highest BCUT2D eigenvalue weighted by molar-refractivity contribution is 9.10. The largest absolute Gasteiger partial charge is 0.412 e. The van der Waals surface area contributed by atoms with Gasteiger partial charge in [0.25, 0.3) is 0 Å². The molecule has 0 bridgehead atoms. The molecule has 0 aliphatic rings. The van der Waals surface area contributed by atoms with Gasteiger partial charge in [0.15, 0.2) is 0 Å². The van der Waals surface area contributed by atoms with Crippen molar-refractivity contribution in [2.45, 2.75) is 13.8 Å². The molecule has 2 aromatic carbocycles. The molecule has 5 nitrogen and oxygen atoms in total. The number of rotatable bonds is 2. The molecule has 3 aromatic rings. The summed E-state index contributed by atoms with van der Waals surface area (Å²) in [5.74, 6) is 0.268. The minimum absolute atomic E-state index is 0. The van der Waals surface area contributed by atoms with Crippen molar-refractivity contribution in [2.75, 3.05) is 5.32 Å². The lowest BCUT2D eigenvalue weighted by atomic mass is 10.1. The second kappa shape index (κ2) is 7.45. The number of halogens is 2. The molecule has 0 saturated carbocycles. The van der Waals surface area contributed by atoms with E-state index < -0.39 is 0 Å². The Labute approximate surface area is 141 Å². The Hall–Kier alpha value is -2.09. The molecule has 122 valence electrons. The van der Waals surface area contributed by atoms with E-state index >= 15 is 0 Å². The number of aryl methyl sites for hydroxylation is 2. The SMILES string of the molecule is Cc1cc2ncnc(Nc3ccc(Br)cc3F)c2cc1C.O.O. The molecule has 3 rings (SSSR count). The second-order valence-electron chi connectivity index (χ2n) is 4.93. The number of aromatic nitrogens is 2. The van der Waals surface area contributed by atoms with Crippen LogP contribution in [0.1, 0.15) is 11.1 Å². The third-order valence-electron chi connectivity index (χ3n) is 3.44. The number of hydrogen-bond acceptors (Lipinski definition) is 3. The normalized spacial score (nSPS) is 9.91. The number of fused-ring (bicyclic) bond motifs is 1. The molecule has 0 radical (unpaired) electrons. The van der Waals surface area contributed by atoms with Crippen LogP contribution >= 0.6 is 15.9 Å². The fourth-order valence-corrected chi connectivity index (χ4v) is 2.47. The van der Waals surface area contributed by atoms with Crippen LogP contribution in [-0.4, -0.2) is 20.9 Å². The molecular formula is C16H17BrFN3O2. The second-order valence-corrected chi connectivity index (χ2v) is 5.84. The molecule has 0 amide bonds. The van der Waals surface area contributed by atoms with Crippen LogP contribution in [0.15, 0.2) is 41.1 Å². The van der Waals surface area contributed by atoms with E-state index in [0.717, 1.165) is 16.5 Å². The Kier molecular flexibility index (Phi) is 6.14. The quantitative estimate of drug-likeness (QED) is 0.736. The molecular weight excluding hydrogens is 365 g/mol. The Balaban J connectivity index is 0.00000132. The third-order valence-corrected chi connectivity index (χ3v) is 3.93. The molecule has 7 heteroatoms. The Morgan fingerprint density at radius 2 is 1.70 bits per heavy atom. The summed E-state index contributed by atoms with van der Waals surface area (Å²) in [5.41, 5.74) is 3.54. The summed E-state index contributed by atoms with van der Waals surface area (Å²) in [6.07, 6.45) is 1.48. The maximum absolute atomic E-state index is 13.9. The van der Waals surface area contributed by atoms with Crippen LogP contribution in [-0.2, 0) is 0 Å². The Morgan fingerprint density at radius 1 is 1.00 bits per heavy atom. The monoisotopic (exact) mass is 381 g/mol. The van der Waals surface area contributed by atoms with Crippen molar-refractivity contribution in [3.05, 3.63) is 58.1 Å². The lowest BCUT2D eigenvalue weighted by Crippen LogP contribution is -1.99. The van der Waals surface area contributed by atoms with Gasteiger partial charge in [0, 0.05) is 9.86 Å². The highest BCUT2D eigenvalue weighted by Crippen LogP contribution is 2.27. The molecule has 23 heavy (non-hydrogen) atoms. The minimum atomic E-state index is -0.333. The van der Waals surface area contributed by atoms with Crippen LogP contribution in [0.25, 0.3) is 10.9 Å². The highest BCUT2D eigenvalue weighted by Gasteiger charge is 2.09. The molecule has 0 fully saturated rings. The predicted octanol–water partition coefficient (Wildman–Crippen LogP) is 3.24. The molecule has 0 saturated heterocycles. The van der Waals surface area contributed by atoms with Crippen molar-refractivity contribution in [2.24, 2.45) is 0 Å². The van der Waals surface area contributed by atoms with Crippen molar-refractivity contribution >= 4 is 38.3 Å². The maximum atomic E-state index is 13.9. The van der Waals surface area contributed by atoms with Crippen molar-refractivity contribution in [1.29, 1.82) is 0 Å². The van der Waals surface area contributed by atoms with E-state index in [1.54, 1.807) is 12.1 Å². The fraction of sp³-hybridized carbons (Fsp3) is 0.125. The lowest BCUT2D eigenvalue weighted by molar-refractivity contribution is 0.631. The summed E-state index contributed by atoms with van der Waals surface area (Å²) in [4.78, 5) is 8.51. The zero-order chi connectivity index (χ0) is 15.0. The van der Waals surface area contributed by atoms with Crippen molar-refractivity contribution in [3.63, 3.8) is 0 Å². The van der Waals surface area contributed by atoms with E-state index in [1.165, 1.54) is 18.0 Å². The Bertz CT molecular complexity index is 843. The van der Waals surface area contributed by atoms with Crippen molar-refractivity contribution < 1.29 is 15.3 Å². The van der Waals surface area contributed by atoms with Gasteiger partial charge in [-0.2, -0.15) is 0 Å². The third kappa shape index (κ3) is 3.82. The van der Waals surface area contributed by atoms with Gasteiger partial charge in [-0.05, 0) is 55.3 Å². The van der Waals surface area contributed by atoms with E-state index in [-0.39, 0.29) is 16.8 Å². The number of nitrogens with zero attached hydrogens (tertiary/aromatic N) is 2. The summed E-state index contributed by atoms with van der Waals surface area (Å²) in [7, 11) is 0. The van der Waals surface area contributed by atoms with Crippen LogP contribution in [0.5, 0.6) is 0 Å². The molecule has 0 spiro atoms. The van der Waals surface area contributed by atoms with Gasteiger partial charge in [0.1, 0.15) is 18.0 Å². The van der Waals surface area contributed by atoms with E-state index in [2.05, 4.69) is 31.2 Å². The Morgan fingerprint density at radius 3 is 2.39 bits per heavy atom. The first-order valence-electron chi connectivity index (χ1n) is 6.48. The van der Waals surface area contributed by atoms with Gasteiger partial charge in [0.05, 0.1) is 11.2 Å². The van der Waals surface area contributed by atoms with Gasteiger partial charge in [0.2, 0.25) is 0 Å². The molecule has 0 aliphatic carbocycles. The van der Waals surface area contributed by atoms with Gasteiger partial charge in [-0.1, -0.05) is 15.9 Å². The maximum Gasteiger partial charge on any atom is 0.147 e. The number of anilines is 2. The van der Waals surface area contributed by atoms with Crippen LogP contribution in [0.2, 0.25) is 0 Å². The van der Waals surface area contributed by atoms with Crippen LogP contribution in [0, 0.1) is 19.7 Å². The molecule has 5 N–H and O–H groups in total. The van der Waals surface area contributed by atoms with Gasteiger partial charge in [-0.15, -0.1) is 0 Å². The number of nitrogens with one attached hydrogen (secondary N) is 1. The highest BCUT2D eigenvalue weighted by atomic mass is 79.9.